The average molecular weight is 495 g/mol. The molecule has 0 spiro atoms. The van der Waals surface area contributed by atoms with Gasteiger partial charge in [0.1, 0.15) is 11.6 Å². The van der Waals surface area contributed by atoms with Crippen molar-refractivity contribution >= 4 is 35.5 Å². The van der Waals surface area contributed by atoms with Gasteiger partial charge in [0.15, 0.2) is 12.1 Å². The Labute approximate surface area is 199 Å². The van der Waals surface area contributed by atoms with E-state index in [2.05, 4.69) is 0 Å². The highest BCUT2D eigenvalue weighted by molar-refractivity contribution is 6.08. The van der Waals surface area contributed by atoms with Crippen molar-refractivity contribution in [2.75, 3.05) is 6.61 Å². The molecule has 0 aliphatic carbocycles. The molecule has 12 N–H and O–H groups in total. The number of ether oxygens (including phenoxy) is 1. The van der Waals surface area contributed by atoms with Crippen molar-refractivity contribution in [3.8, 4) is 0 Å². The van der Waals surface area contributed by atoms with Crippen molar-refractivity contribution in [2.45, 2.75) is 49.2 Å². The highest BCUT2D eigenvalue weighted by Gasteiger charge is 2.43. The molecule has 0 fully saturated rings. The number of benzene rings is 1. The number of amides is 2. The summed E-state index contributed by atoms with van der Waals surface area (Å²) in [6, 6.07) is 4.53. The van der Waals surface area contributed by atoms with Gasteiger partial charge in [-0.2, -0.15) is 0 Å². The van der Waals surface area contributed by atoms with Gasteiger partial charge in [0.25, 0.3) is 0 Å². The summed E-state index contributed by atoms with van der Waals surface area (Å²) in [6.07, 6.45) is -1.98. The Balaban J connectivity index is 2.99. The van der Waals surface area contributed by atoms with Gasteiger partial charge in [-0.3, -0.25) is 19.2 Å². The van der Waals surface area contributed by atoms with Crippen molar-refractivity contribution in [1.82, 2.24) is 0 Å². The molecule has 1 rings (SSSR count). The first kappa shape index (κ1) is 29.2. The minimum atomic E-state index is -2.51. The molecule has 0 aromatic heterocycles. The van der Waals surface area contributed by atoms with Gasteiger partial charge in [0, 0.05) is 12.8 Å². The molecule has 2 amide bonds. The number of carbonyl (C=O) groups excluding carboxylic acids is 4. The van der Waals surface area contributed by atoms with E-state index in [1.165, 1.54) is 18.2 Å². The Hall–Kier alpha value is -3.88. The molecule has 0 heterocycles. The van der Waals surface area contributed by atoms with E-state index in [-0.39, 0.29) is 30.4 Å². The summed E-state index contributed by atoms with van der Waals surface area (Å²) in [7, 11) is 0. The molecular weight excluding hydrogens is 466 g/mol. The van der Waals surface area contributed by atoms with Crippen LogP contribution in [0.2, 0.25) is 0 Å². The third kappa shape index (κ3) is 7.56. The van der Waals surface area contributed by atoms with E-state index in [1.807, 2.05) is 0 Å². The molecule has 0 aliphatic heterocycles. The number of aliphatic carboxylic acids is 2. The van der Waals surface area contributed by atoms with Crippen LogP contribution in [-0.4, -0.2) is 63.9 Å². The van der Waals surface area contributed by atoms with Crippen molar-refractivity contribution in [1.29, 1.82) is 0 Å². The fourth-order valence-corrected chi connectivity index (χ4v) is 3.19. The minimum absolute atomic E-state index is 0.0892. The number of hydrogen-bond donors (Lipinski definition) is 7. The molecule has 0 saturated carbocycles. The van der Waals surface area contributed by atoms with Gasteiger partial charge < -0.3 is 43.6 Å². The van der Waals surface area contributed by atoms with Crippen LogP contribution in [0.1, 0.15) is 36.8 Å². The molecule has 192 valence electrons. The van der Waals surface area contributed by atoms with Crippen LogP contribution in [0.25, 0.3) is 0 Å². The smallest absolute Gasteiger partial charge is 0.331 e. The predicted octanol–water partition coefficient (Wildman–Crippen LogP) is -2.78. The second-order valence-corrected chi connectivity index (χ2v) is 7.98. The molecule has 3 atom stereocenters. The summed E-state index contributed by atoms with van der Waals surface area (Å²) >= 11 is 0. The van der Waals surface area contributed by atoms with Crippen LogP contribution in [0.4, 0.5) is 0 Å². The molecule has 0 bridgehead atoms. The maximum atomic E-state index is 12.4. The number of esters is 1. The topological polar surface area (TPSA) is 282 Å². The quantitative estimate of drug-likeness (QED) is 0.0960. The van der Waals surface area contributed by atoms with Gasteiger partial charge in [0.2, 0.25) is 17.6 Å². The highest BCUT2D eigenvalue weighted by atomic mass is 16.5. The molecule has 0 radical (unpaired) electrons. The second kappa shape index (κ2) is 12.0. The van der Waals surface area contributed by atoms with Gasteiger partial charge in [-0.15, -0.1) is 0 Å². The second-order valence-electron chi connectivity index (χ2n) is 7.98. The first-order valence-corrected chi connectivity index (χ1v) is 10.3. The maximum Gasteiger partial charge on any atom is 0.331 e. The van der Waals surface area contributed by atoms with Crippen LogP contribution in [0.15, 0.2) is 24.3 Å². The lowest BCUT2D eigenvalue weighted by atomic mass is 9.82. The lowest BCUT2D eigenvalue weighted by Crippen LogP contribution is -2.57. The van der Waals surface area contributed by atoms with Crippen LogP contribution in [0.3, 0.4) is 0 Å². The summed E-state index contributed by atoms with van der Waals surface area (Å²) < 4.78 is 4.81. The zero-order valence-electron chi connectivity index (χ0n) is 18.8. The standard InChI is InChI=1S/C21H29N5O9/c22-13(17(30)35-10-14(27)21(26,19(33)34)8-6-16(24)29)9-11-3-1-2-4-12(11)20(25,18(31)32)7-5-15(23)28/h1-4,13H,5-10,22,25-26H2,(H2,23,28)(H2,24,29)(H,31,32)(H,33,34). The van der Waals surface area contributed by atoms with Crippen LogP contribution < -0.4 is 28.7 Å². The van der Waals surface area contributed by atoms with Crippen LogP contribution in [0, 0.1) is 0 Å². The van der Waals surface area contributed by atoms with Crippen LogP contribution in [0.5, 0.6) is 0 Å². The zero-order valence-corrected chi connectivity index (χ0v) is 18.8. The third-order valence-electron chi connectivity index (χ3n) is 5.38. The number of nitrogens with two attached hydrogens (primary N) is 5. The van der Waals surface area contributed by atoms with Crippen molar-refractivity contribution in [2.24, 2.45) is 28.7 Å². The molecular formula is C21H29N5O9. The summed E-state index contributed by atoms with van der Waals surface area (Å²) in [6.45, 7) is -1.04. The van der Waals surface area contributed by atoms with Gasteiger partial charge in [-0.1, -0.05) is 24.3 Å². The number of rotatable bonds is 15. The predicted molar refractivity (Wildman–Crippen MR) is 119 cm³/mol. The molecule has 1 aromatic rings. The number of ketones is 1. The van der Waals surface area contributed by atoms with Gasteiger partial charge in [-0.05, 0) is 30.4 Å². The number of carboxylic acids is 2. The van der Waals surface area contributed by atoms with Crippen LogP contribution >= 0.6 is 0 Å². The number of carboxylic acid groups (broad SMARTS) is 2. The molecule has 14 nitrogen and oxygen atoms in total. The van der Waals surface area contributed by atoms with Crippen LogP contribution in [-0.2, 0) is 45.5 Å². The Bertz CT molecular complexity index is 1010. The normalized spacial score (nSPS) is 15.2. The SMILES string of the molecule is NC(=O)CCC(N)(C(=O)O)C(=O)COC(=O)C(N)Cc1ccccc1C(N)(CCC(N)=O)C(=O)O. The first-order valence-electron chi connectivity index (χ1n) is 10.3. The lowest BCUT2D eigenvalue weighted by molar-refractivity contribution is -0.156. The average Bonchev–Trinajstić information content (AvgIpc) is 2.78. The Morgan fingerprint density at radius 1 is 0.886 bits per heavy atom. The van der Waals surface area contributed by atoms with Crippen molar-refractivity contribution in [3.05, 3.63) is 35.4 Å². The Morgan fingerprint density at radius 3 is 1.94 bits per heavy atom. The number of Topliss-reactive ketones (excluding diaryl/α,β-unsaturated/α-hetero) is 1. The van der Waals surface area contributed by atoms with Gasteiger partial charge in [-0.25, -0.2) is 9.59 Å². The van der Waals surface area contributed by atoms with E-state index in [4.69, 9.17) is 33.4 Å². The fourth-order valence-electron chi connectivity index (χ4n) is 3.19. The summed E-state index contributed by atoms with van der Waals surface area (Å²) in [5.41, 5.74) is 23.4. The summed E-state index contributed by atoms with van der Waals surface area (Å²) in [5, 5.41) is 18.9. The van der Waals surface area contributed by atoms with E-state index < -0.39 is 72.1 Å². The van der Waals surface area contributed by atoms with Gasteiger partial charge in [0.05, 0.1) is 0 Å². The Kier molecular flexibility index (Phi) is 10.0. The van der Waals surface area contributed by atoms with E-state index in [0.717, 1.165) is 0 Å². The molecule has 35 heavy (non-hydrogen) atoms. The molecule has 14 heteroatoms. The number of primary amides is 2. The molecule has 0 saturated heterocycles. The molecule has 3 unspecified atom stereocenters. The number of hydrogen-bond acceptors (Lipinski definition) is 10. The van der Waals surface area contributed by atoms with Crippen molar-refractivity contribution < 1.29 is 43.7 Å². The Morgan fingerprint density at radius 2 is 1.43 bits per heavy atom. The first-order chi connectivity index (χ1) is 16.1. The summed E-state index contributed by atoms with van der Waals surface area (Å²) in [4.78, 5) is 70.1. The van der Waals surface area contributed by atoms with Crippen molar-refractivity contribution in [3.63, 3.8) is 0 Å². The van der Waals surface area contributed by atoms with E-state index in [0.29, 0.717) is 0 Å². The zero-order chi connectivity index (χ0) is 27.0. The third-order valence-corrected chi connectivity index (χ3v) is 5.38. The largest absolute Gasteiger partial charge is 0.480 e. The maximum absolute atomic E-state index is 12.4. The molecule has 1 aromatic carbocycles. The molecule has 0 aliphatic rings. The van der Waals surface area contributed by atoms with E-state index in [9.17, 15) is 39.0 Å². The number of carbonyl (C=O) groups is 6. The fraction of sp³-hybridized carbons (Fsp3) is 0.429. The highest BCUT2D eigenvalue weighted by Crippen LogP contribution is 2.28. The summed E-state index contributed by atoms with van der Waals surface area (Å²) in [5.74, 6) is -7.09. The van der Waals surface area contributed by atoms with Gasteiger partial charge >= 0.3 is 17.9 Å². The van der Waals surface area contributed by atoms with E-state index in [1.54, 1.807) is 6.07 Å². The minimum Gasteiger partial charge on any atom is -0.480 e. The van der Waals surface area contributed by atoms with E-state index >= 15 is 0 Å². The lowest BCUT2D eigenvalue weighted by Gasteiger charge is -2.28. The monoisotopic (exact) mass is 495 g/mol.